The van der Waals surface area contributed by atoms with Crippen molar-refractivity contribution in [1.82, 2.24) is 4.90 Å². The van der Waals surface area contributed by atoms with Gasteiger partial charge in [-0.2, -0.15) is 0 Å². The molecule has 2 heteroatoms. The third-order valence-electron chi connectivity index (χ3n) is 5.03. The highest BCUT2D eigenvalue weighted by Gasteiger charge is 2.34. The van der Waals surface area contributed by atoms with E-state index in [0.717, 1.165) is 12.6 Å². The van der Waals surface area contributed by atoms with Crippen LogP contribution in [0.15, 0.2) is 0 Å². The zero-order chi connectivity index (χ0) is 12.1. The fourth-order valence-corrected chi connectivity index (χ4v) is 3.85. The second kappa shape index (κ2) is 6.19. The molecule has 0 unspecified atom stereocenters. The normalized spacial score (nSPS) is 26.3. The van der Waals surface area contributed by atoms with Gasteiger partial charge >= 0.3 is 0 Å². The molecule has 2 aliphatic rings. The van der Waals surface area contributed by atoms with Gasteiger partial charge in [0.2, 0.25) is 0 Å². The van der Waals surface area contributed by atoms with Crippen molar-refractivity contribution in [2.24, 2.45) is 5.41 Å². The van der Waals surface area contributed by atoms with Gasteiger partial charge in [0.05, 0.1) is 0 Å². The summed E-state index contributed by atoms with van der Waals surface area (Å²) in [5.41, 5.74) is 0.227. The van der Waals surface area contributed by atoms with E-state index in [-0.39, 0.29) is 5.41 Å². The molecule has 0 heterocycles. The van der Waals surface area contributed by atoms with Crippen LogP contribution in [0.4, 0.5) is 0 Å². The summed E-state index contributed by atoms with van der Waals surface area (Å²) in [6.45, 7) is 1.51. The van der Waals surface area contributed by atoms with Gasteiger partial charge in [-0.05, 0) is 32.7 Å². The Hall–Kier alpha value is -0.0800. The Morgan fingerprint density at radius 3 is 2.18 bits per heavy atom. The van der Waals surface area contributed by atoms with Crippen molar-refractivity contribution < 1.29 is 5.11 Å². The summed E-state index contributed by atoms with van der Waals surface area (Å²) in [6.07, 6.45) is 13.5. The SMILES string of the molecule is CN(CC1(CO)CCCCC1)C1CCCCC1. The van der Waals surface area contributed by atoms with Crippen molar-refractivity contribution in [2.45, 2.75) is 70.3 Å². The molecule has 0 aromatic carbocycles. The molecule has 1 N–H and O–H groups in total. The minimum Gasteiger partial charge on any atom is -0.396 e. The first-order valence-electron chi connectivity index (χ1n) is 7.57. The first-order valence-corrected chi connectivity index (χ1v) is 7.57. The molecule has 2 aliphatic carbocycles. The lowest BCUT2D eigenvalue weighted by molar-refractivity contribution is 0.0295. The number of hydrogen-bond acceptors (Lipinski definition) is 2. The molecule has 0 saturated heterocycles. The van der Waals surface area contributed by atoms with Crippen LogP contribution in [0.5, 0.6) is 0 Å². The van der Waals surface area contributed by atoms with Crippen LogP contribution in [-0.4, -0.2) is 36.2 Å². The second-order valence-electron chi connectivity index (χ2n) is 6.43. The molecule has 0 aromatic heterocycles. The lowest BCUT2D eigenvalue weighted by Crippen LogP contribution is -2.44. The van der Waals surface area contributed by atoms with Crippen LogP contribution in [0.1, 0.15) is 64.2 Å². The predicted molar refractivity (Wildman–Crippen MR) is 72.1 cm³/mol. The van der Waals surface area contributed by atoms with Crippen LogP contribution >= 0.6 is 0 Å². The lowest BCUT2D eigenvalue weighted by Gasteiger charge is -2.42. The first kappa shape index (κ1) is 13.4. The Bertz CT molecular complexity index is 217. The van der Waals surface area contributed by atoms with Crippen LogP contribution in [0.25, 0.3) is 0 Å². The largest absolute Gasteiger partial charge is 0.396 e. The Kier molecular flexibility index (Phi) is 4.87. The van der Waals surface area contributed by atoms with Gasteiger partial charge in [0.25, 0.3) is 0 Å². The zero-order valence-electron chi connectivity index (χ0n) is 11.5. The van der Waals surface area contributed by atoms with Crippen molar-refractivity contribution in [3.05, 3.63) is 0 Å². The Morgan fingerprint density at radius 1 is 1.00 bits per heavy atom. The number of nitrogens with zero attached hydrogens (tertiary/aromatic N) is 1. The van der Waals surface area contributed by atoms with Gasteiger partial charge < -0.3 is 10.0 Å². The van der Waals surface area contributed by atoms with Crippen molar-refractivity contribution in [3.8, 4) is 0 Å². The molecule has 2 rings (SSSR count). The van der Waals surface area contributed by atoms with Crippen molar-refractivity contribution in [1.29, 1.82) is 0 Å². The standard InChI is InChI=1S/C15H29NO/c1-16(14-8-4-2-5-9-14)12-15(13-17)10-6-3-7-11-15/h14,17H,2-13H2,1H3. The van der Waals surface area contributed by atoms with E-state index < -0.39 is 0 Å². The van der Waals surface area contributed by atoms with E-state index in [1.165, 1.54) is 64.2 Å². The highest BCUT2D eigenvalue weighted by atomic mass is 16.3. The maximum atomic E-state index is 9.76. The average molecular weight is 239 g/mol. The molecule has 0 aromatic rings. The molecule has 100 valence electrons. The fraction of sp³-hybridized carbons (Fsp3) is 1.00. The molecule has 2 fully saturated rings. The van der Waals surface area contributed by atoms with Gasteiger partial charge in [-0.3, -0.25) is 0 Å². The number of aliphatic hydroxyl groups is 1. The Labute approximate surface area is 106 Å². The minimum absolute atomic E-state index is 0.227. The molecular formula is C15H29NO. The van der Waals surface area contributed by atoms with Crippen LogP contribution in [0, 0.1) is 5.41 Å². The van der Waals surface area contributed by atoms with E-state index >= 15 is 0 Å². The molecule has 0 aliphatic heterocycles. The van der Waals surface area contributed by atoms with E-state index in [0.29, 0.717) is 6.61 Å². The summed E-state index contributed by atoms with van der Waals surface area (Å²) in [4.78, 5) is 2.56. The summed E-state index contributed by atoms with van der Waals surface area (Å²) >= 11 is 0. The minimum atomic E-state index is 0.227. The topological polar surface area (TPSA) is 23.5 Å². The van der Waals surface area contributed by atoms with E-state index in [4.69, 9.17) is 0 Å². The maximum Gasteiger partial charge on any atom is 0.0499 e. The van der Waals surface area contributed by atoms with Crippen LogP contribution in [-0.2, 0) is 0 Å². The molecular weight excluding hydrogens is 210 g/mol. The average Bonchev–Trinajstić information content (AvgIpc) is 2.41. The van der Waals surface area contributed by atoms with E-state index in [2.05, 4.69) is 11.9 Å². The molecule has 0 radical (unpaired) electrons. The predicted octanol–water partition coefficient (Wildman–Crippen LogP) is 3.19. The van der Waals surface area contributed by atoms with Crippen molar-refractivity contribution >= 4 is 0 Å². The third-order valence-corrected chi connectivity index (χ3v) is 5.03. The van der Waals surface area contributed by atoms with Gasteiger partial charge in [0.15, 0.2) is 0 Å². The first-order chi connectivity index (χ1) is 8.26. The summed E-state index contributed by atoms with van der Waals surface area (Å²) in [5.74, 6) is 0. The number of aliphatic hydroxyl groups excluding tert-OH is 1. The van der Waals surface area contributed by atoms with Crippen molar-refractivity contribution in [3.63, 3.8) is 0 Å². The van der Waals surface area contributed by atoms with E-state index in [1.807, 2.05) is 0 Å². The molecule has 2 saturated carbocycles. The van der Waals surface area contributed by atoms with Crippen LogP contribution in [0.2, 0.25) is 0 Å². The molecule has 2 nitrogen and oxygen atoms in total. The smallest absolute Gasteiger partial charge is 0.0499 e. The van der Waals surface area contributed by atoms with Crippen LogP contribution in [0.3, 0.4) is 0 Å². The second-order valence-corrected chi connectivity index (χ2v) is 6.43. The summed E-state index contributed by atoms with van der Waals surface area (Å²) in [7, 11) is 2.28. The van der Waals surface area contributed by atoms with Gasteiger partial charge in [-0.25, -0.2) is 0 Å². The monoisotopic (exact) mass is 239 g/mol. The van der Waals surface area contributed by atoms with Gasteiger partial charge in [-0.1, -0.05) is 38.5 Å². The summed E-state index contributed by atoms with van der Waals surface area (Å²) < 4.78 is 0. The molecule has 0 atom stereocenters. The van der Waals surface area contributed by atoms with Gasteiger partial charge in [0.1, 0.15) is 0 Å². The Balaban J connectivity index is 1.88. The molecule has 0 amide bonds. The highest BCUT2D eigenvalue weighted by molar-refractivity contribution is 4.87. The highest BCUT2D eigenvalue weighted by Crippen LogP contribution is 2.37. The van der Waals surface area contributed by atoms with Crippen molar-refractivity contribution in [2.75, 3.05) is 20.2 Å². The van der Waals surface area contributed by atoms with Gasteiger partial charge in [0, 0.05) is 24.6 Å². The summed E-state index contributed by atoms with van der Waals surface area (Å²) in [6, 6.07) is 0.786. The van der Waals surface area contributed by atoms with E-state index in [9.17, 15) is 5.11 Å². The number of hydrogen-bond donors (Lipinski definition) is 1. The lowest BCUT2D eigenvalue weighted by atomic mass is 9.74. The molecule has 0 spiro atoms. The molecule has 0 bridgehead atoms. The number of rotatable bonds is 4. The van der Waals surface area contributed by atoms with E-state index in [1.54, 1.807) is 0 Å². The summed E-state index contributed by atoms with van der Waals surface area (Å²) in [5, 5.41) is 9.76. The zero-order valence-corrected chi connectivity index (χ0v) is 11.5. The van der Waals surface area contributed by atoms with Gasteiger partial charge in [-0.15, -0.1) is 0 Å². The van der Waals surface area contributed by atoms with Crippen LogP contribution < -0.4 is 0 Å². The Morgan fingerprint density at radius 2 is 1.59 bits per heavy atom. The maximum absolute atomic E-state index is 9.76. The fourth-order valence-electron chi connectivity index (χ4n) is 3.85. The molecule has 17 heavy (non-hydrogen) atoms. The third kappa shape index (κ3) is 3.45. The quantitative estimate of drug-likeness (QED) is 0.814.